The summed E-state index contributed by atoms with van der Waals surface area (Å²) in [6.07, 6.45) is 3.43. The van der Waals surface area contributed by atoms with Crippen LogP contribution in [0.15, 0.2) is 83.8 Å². The smallest absolute Gasteiger partial charge is 0.228 e. The highest BCUT2D eigenvalue weighted by atomic mass is 35.5. The highest BCUT2D eigenvalue weighted by molar-refractivity contribution is 7.90. The minimum absolute atomic E-state index is 0.209. The fourth-order valence-electron chi connectivity index (χ4n) is 2.85. The molecule has 0 aliphatic heterocycles. The summed E-state index contributed by atoms with van der Waals surface area (Å²) in [5, 5.41) is 0.585. The van der Waals surface area contributed by atoms with E-state index in [1.54, 1.807) is 66.7 Å². The monoisotopic (exact) mass is 394 g/mol. The van der Waals surface area contributed by atoms with Crippen LogP contribution in [0.2, 0.25) is 5.02 Å². The van der Waals surface area contributed by atoms with Gasteiger partial charge >= 0.3 is 0 Å². The SMILES string of the molecule is O=S(=O)(c1ccccc1)n1c(C=Cc2ccccc2Cl)nc2ccccc21. The van der Waals surface area contributed by atoms with Gasteiger partial charge in [0.25, 0.3) is 10.0 Å². The molecule has 1 aromatic heterocycles. The van der Waals surface area contributed by atoms with Crippen LogP contribution in [-0.4, -0.2) is 17.4 Å². The van der Waals surface area contributed by atoms with E-state index < -0.39 is 10.0 Å². The molecule has 0 amide bonds. The highest BCUT2D eigenvalue weighted by Gasteiger charge is 2.22. The van der Waals surface area contributed by atoms with E-state index in [4.69, 9.17) is 11.6 Å². The largest absolute Gasteiger partial charge is 0.269 e. The van der Waals surface area contributed by atoms with E-state index in [1.165, 1.54) is 3.97 Å². The highest BCUT2D eigenvalue weighted by Crippen LogP contribution is 2.25. The van der Waals surface area contributed by atoms with Crippen LogP contribution >= 0.6 is 11.6 Å². The van der Waals surface area contributed by atoms with Crippen LogP contribution in [0.25, 0.3) is 23.2 Å². The number of benzene rings is 3. The van der Waals surface area contributed by atoms with Gasteiger partial charge in [-0.25, -0.2) is 17.4 Å². The predicted molar refractivity (Wildman–Crippen MR) is 109 cm³/mol. The lowest BCUT2D eigenvalue weighted by atomic mass is 10.2. The number of hydrogen-bond acceptors (Lipinski definition) is 3. The van der Waals surface area contributed by atoms with Crippen molar-refractivity contribution in [2.45, 2.75) is 4.90 Å². The number of fused-ring (bicyclic) bond motifs is 1. The average molecular weight is 395 g/mol. The molecule has 0 spiro atoms. The van der Waals surface area contributed by atoms with Gasteiger partial charge in [-0.05, 0) is 48.0 Å². The fourth-order valence-corrected chi connectivity index (χ4v) is 4.52. The molecule has 0 fully saturated rings. The summed E-state index contributed by atoms with van der Waals surface area (Å²) < 4.78 is 27.8. The molecule has 27 heavy (non-hydrogen) atoms. The maximum absolute atomic E-state index is 13.3. The molecule has 0 aliphatic carbocycles. The first-order chi connectivity index (χ1) is 13.1. The van der Waals surface area contributed by atoms with Crippen LogP contribution < -0.4 is 0 Å². The zero-order valence-corrected chi connectivity index (χ0v) is 15.7. The first-order valence-corrected chi connectivity index (χ1v) is 10.1. The number of rotatable bonds is 4. The van der Waals surface area contributed by atoms with Gasteiger partial charge in [0.1, 0.15) is 5.82 Å². The molecule has 4 aromatic rings. The second-order valence-electron chi connectivity index (χ2n) is 5.90. The normalized spacial score (nSPS) is 12.0. The molecule has 0 bridgehead atoms. The van der Waals surface area contributed by atoms with Crippen molar-refractivity contribution in [1.82, 2.24) is 8.96 Å². The van der Waals surface area contributed by atoms with Crippen molar-refractivity contribution in [3.63, 3.8) is 0 Å². The summed E-state index contributed by atoms with van der Waals surface area (Å²) in [7, 11) is -3.80. The van der Waals surface area contributed by atoms with Gasteiger partial charge in [0, 0.05) is 5.02 Å². The molecule has 0 radical (unpaired) electrons. The molecule has 1 heterocycles. The Labute approximate surface area is 162 Å². The third-order valence-corrected chi connectivity index (χ3v) is 6.22. The van der Waals surface area contributed by atoms with Gasteiger partial charge in [-0.1, -0.05) is 60.1 Å². The number of imidazole rings is 1. The summed E-state index contributed by atoms with van der Waals surface area (Å²) >= 11 is 6.20. The van der Waals surface area contributed by atoms with Gasteiger partial charge in [0.05, 0.1) is 15.9 Å². The third-order valence-electron chi connectivity index (χ3n) is 4.14. The number of nitrogens with zero attached hydrogens (tertiary/aromatic N) is 2. The molecule has 0 saturated carbocycles. The molecular formula is C21H15ClN2O2S. The Balaban J connectivity index is 1.92. The predicted octanol–water partition coefficient (Wildman–Crippen LogP) is 5.10. The lowest BCUT2D eigenvalue weighted by molar-refractivity contribution is 0.588. The van der Waals surface area contributed by atoms with Crippen LogP contribution in [0, 0.1) is 0 Å². The standard InChI is InChI=1S/C21H15ClN2O2S/c22-18-11-5-4-8-16(18)14-15-21-23-19-12-6-7-13-20(19)24(21)27(25,26)17-9-2-1-3-10-17/h1-15H. The fraction of sp³-hybridized carbons (Fsp3) is 0. The topological polar surface area (TPSA) is 52.0 Å². The number of hydrogen-bond donors (Lipinski definition) is 0. The third kappa shape index (κ3) is 3.27. The Morgan fingerprint density at radius 3 is 2.26 bits per heavy atom. The van der Waals surface area contributed by atoms with Gasteiger partial charge in [-0.2, -0.15) is 0 Å². The van der Waals surface area contributed by atoms with Gasteiger partial charge in [0.2, 0.25) is 0 Å². The summed E-state index contributed by atoms with van der Waals surface area (Å²) in [4.78, 5) is 4.71. The molecule has 0 saturated heterocycles. The molecule has 134 valence electrons. The van der Waals surface area contributed by atoms with E-state index in [9.17, 15) is 8.42 Å². The number of aromatic nitrogens is 2. The van der Waals surface area contributed by atoms with Gasteiger partial charge < -0.3 is 0 Å². The van der Waals surface area contributed by atoms with Gasteiger partial charge in [0.15, 0.2) is 0 Å². The molecule has 0 N–H and O–H groups in total. The summed E-state index contributed by atoms with van der Waals surface area (Å²) in [6, 6.07) is 22.8. The molecule has 6 heteroatoms. The molecule has 0 atom stereocenters. The Bertz CT molecular complexity index is 1250. The van der Waals surface area contributed by atoms with Gasteiger partial charge in [-0.15, -0.1) is 0 Å². The Morgan fingerprint density at radius 1 is 0.815 bits per heavy atom. The first-order valence-electron chi connectivity index (χ1n) is 8.28. The van der Waals surface area contributed by atoms with Crippen molar-refractivity contribution in [3.8, 4) is 0 Å². The minimum Gasteiger partial charge on any atom is -0.228 e. The van der Waals surface area contributed by atoms with Crippen molar-refractivity contribution in [2.75, 3.05) is 0 Å². The van der Waals surface area contributed by atoms with E-state index in [0.717, 1.165) is 5.56 Å². The molecule has 0 aliphatic rings. The van der Waals surface area contributed by atoms with Crippen molar-refractivity contribution in [2.24, 2.45) is 0 Å². The lowest BCUT2D eigenvalue weighted by Crippen LogP contribution is -2.14. The molecular weight excluding hydrogens is 380 g/mol. The Morgan fingerprint density at radius 2 is 1.48 bits per heavy atom. The van der Waals surface area contributed by atoms with Crippen molar-refractivity contribution in [3.05, 3.63) is 95.3 Å². The average Bonchev–Trinajstić information content (AvgIpc) is 3.07. The van der Waals surface area contributed by atoms with Gasteiger partial charge in [-0.3, -0.25) is 0 Å². The quantitative estimate of drug-likeness (QED) is 0.484. The molecule has 3 aromatic carbocycles. The zero-order chi connectivity index (χ0) is 18.9. The maximum Gasteiger partial charge on any atom is 0.269 e. The van der Waals surface area contributed by atoms with E-state index in [1.807, 2.05) is 24.3 Å². The van der Waals surface area contributed by atoms with Crippen LogP contribution in [-0.2, 0) is 10.0 Å². The number of halogens is 1. The molecule has 4 nitrogen and oxygen atoms in total. The summed E-state index contributed by atoms with van der Waals surface area (Å²) in [5.74, 6) is 0.319. The summed E-state index contributed by atoms with van der Waals surface area (Å²) in [5.41, 5.74) is 1.92. The molecule has 4 rings (SSSR count). The summed E-state index contributed by atoms with van der Waals surface area (Å²) in [6.45, 7) is 0. The van der Waals surface area contributed by atoms with E-state index in [0.29, 0.717) is 21.9 Å². The van der Waals surface area contributed by atoms with E-state index in [2.05, 4.69) is 4.98 Å². The maximum atomic E-state index is 13.3. The second-order valence-corrected chi connectivity index (χ2v) is 8.09. The lowest BCUT2D eigenvalue weighted by Gasteiger charge is -2.09. The van der Waals surface area contributed by atoms with Crippen molar-refractivity contribution in [1.29, 1.82) is 0 Å². The van der Waals surface area contributed by atoms with E-state index in [-0.39, 0.29) is 4.90 Å². The van der Waals surface area contributed by atoms with Crippen molar-refractivity contribution < 1.29 is 8.42 Å². The Hall–Kier alpha value is -2.89. The van der Waals surface area contributed by atoms with Crippen LogP contribution in [0.1, 0.15) is 11.4 Å². The van der Waals surface area contributed by atoms with Crippen LogP contribution in [0.4, 0.5) is 0 Å². The number of para-hydroxylation sites is 2. The van der Waals surface area contributed by atoms with Crippen LogP contribution in [0.3, 0.4) is 0 Å². The second kappa shape index (κ2) is 7.02. The van der Waals surface area contributed by atoms with Crippen molar-refractivity contribution >= 4 is 44.8 Å². The van der Waals surface area contributed by atoms with Crippen LogP contribution in [0.5, 0.6) is 0 Å². The first kappa shape index (κ1) is 17.5. The minimum atomic E-state index is -3.80. The van der Waals surface area contributed by atoms with E-state index >= 15 is 0 Å². The Kier molecular flexibility index (Phi) is 4.56. The zero-order valence-electron chi connectivity index (χ0n) is 14.2. The molecule has 0 unspecified atom stereocenters.